The average Bonchev–Trinajstić information content (AvgIpc) is 2.73. The standard InChI is InChI=1S/C13H18N2O5/c1-8-11(19-4)9(7-18-3)20-12(8)15-6-5-10(16)14(2)13(15)17/h5-6,9,11-12H,1,7H2,2-4H3/t9-,11+,12-/m1/s1. The Balaban J connectivity index is 2.39. The van der Waals surface area contributed by atoms with Gasteiger partial charge >= 0.3 is 5.69 Å². The first-order valence-electron chi connectivity index (χ1n) is 6.15. The Kier molecular flexibility index (Phi) is 4.22. The van der Waals surface area contributed by atoms with E-state index in [1.165, 1.54) is 23.9 Å². The SMILES string of the molecule is C=C1[C@H](n2ccc(=O)n(C)c2=O)O[C@H](COC)[C@H]1OC. The molecule has 1 aliphatic rings. The van der Waals surface area contributed by atoms with Crippen LogP contribution in [0.2, 0.25) is 0 Å². The van der Waals surface area contributed by atoms with Gasteiger partial charge in [-0.2, -0.15) is 0 Å². The molecule has 0 aliphatic carbocycles. The van der Waals surface area contributed by atoms with Crippen LogP contribution in [0, 0.1) is 0 Å². The zero-order valence-corrected chi connectivity index (χ0v) is 11.7. The minimum atomic E-state index is -0.667. The maximum Gasteiger partial charge on any atom is 0.333 e. The van der Waals surface area contributed by atoms with E-state index in [0.29, 0.717) is 12.2 Å². The lowest BCUT2D eigenvalue weighted by Gasteiger charge is -2.16. The molecule has 110 valence electrons. The highest BCUT2D eigenvalue weighted by atomic mass is 16.6. The van der Waals surface area contributed by atoms with Crippen LogP contribution in [0.4, 0.5) is 0 Å². The molecule has 0 aromatic carbocycles. The summed E-state index contributed by atoms with van der Waals surface area (Å²) in [6, 6.07) is 1.31. The minimum absolute atomic E-state index is 0.328. The van der Waals surface area contributed by atoms with Gasteiger partial charge in [0.15, 0.2) is 6.23 Å². The normalized spacial score (nSPS) is 26.1. The highest BCUT2D eigenvalue weighted by Gasteiger charge is 2.40. The molecule has 1 aromatic rings. The molecular formula is C13H18N2O5. The third-order valence-electron chi connectivity index (χ3n) is 3.38. The van der Waals surface area contributed by atoms with Gasteiger partial charge in [-0.05, 0) is 0 Å². The number of hydrogen-bond acceptors (Lipinski definition) is 5. The molecule has 0 amide bonds. The number of aromatic nitrogens is 2. The van der Waals surface area contributed by atoms with Crippen molar-refractivity contribution in [2.75, 3.05) is 20.8 Å². The summed E-state index contributed by atoms with van der Waals surface area (Å²) >= 11 is 0. The second-order valence-corrected chi connectivity index (χ2v) is 4.62. The summed E-state index contributed by atoms with van der Waals surface area (Å²) in [5, 5.41) is 0. The van der Waals surface area contributed by atoms with Gasteiger partial charge in [-0.25, -0.2) is 4.79 Å². The summed E-state index contributed by atoms with van der Waals surface area (Å²) in [7, 11) is 4.53. The first-order valence-corrected chi connectivity index (χ1v) is 6.15. The van der Waals surface area contributed by atoms with Crippen molar-refractivity contribution in [3.8, 4) is 0 Å². The second kappa shape index (κ2) is 5.74. The Bertz CT molecular complexity index is 618. The average molecular weight is 282 g/mol. The molecule has 2 rings (SSSR count). The first-order chi connectivity index (χ1) is 9.51. The Morgan fingerprint density at radius 3 is 2.70 bits per heavy atom. The molecule has 7 heteroatoms. The van der Waals surface area contributed by atoms with Crippen LogP contribution in [0.1, 0.15) is 6.23 Å². The molecular weight excluding hydrogens is 264 g/mol. The van der Waals surface area contributed by atoms with E-state index >= 15 is 0 Å². The molecule has 0 N–H and O–H groups in total. The number of rotatable bonds is 4. The summed E-state index contributed by atoms with van der Waals surface area (Å²) in [5.74, 6) is 0. The van der Waals surface area contributed by atoms with Crippen molar-refractivity contribution in [3.05, 3.63) is 45.3 Å². The van der Waals surface area contributed by atoms with Gasteiger partial charge < -0.3 is 14.2 Å². The fourth-order valence-electron chi connectivity index (χ4n) is 2.31. The summed E-state index contributed by atoms with van der Waals surface area (Å²) in [4.78, 5) is 23.5. The topological polar surface area (TPSA) is 71.7 Å². The minimum Gasteiger partial charge on any atom is -0.382 e. The van der Waals surface area contributed by atoms with E-state index in [2.05, 4.69) is 6.58 Å². The highest BCUT2D eigenvalue weighted by molar-refractivity contribution is 5.15. The van der Waals surface area contributed by atoms with Crippen molar-refractivity contribution in [1.29, 1.82) is 0 Å². The summed E-state index contributed by atoms with van der Waals surface area (Å²) < 4.78 is 18.5. The van der Waals surface area contributed by atoms with E-state index in [0.717, 1.165) is 4.57 Å². The van der Waals surface area contributed by atoms with Crippen molar-refractivity contribution in [2.24, 2.45) is 7.05 Å². The van der Waals surface area contributed by atoms with E-state index in [1.54, 1.807) is 14.2 Å². The molecule has 1 fully saturated rings. The van der Waals surface area contributed by atoms with Gasteiger partial charge in [0.1, 0.15) is 12.2 Å². The van der Waals surface area contributed by atoms with Crippen LogP contribution in [0.15, 0.2) is 34.0 Å². The predicted molar refractivity (Wildman–Crippen MR) is 71.7 cm³/mol. The quantitative estimate of drug-likeness (QED) is 0.707. The molecule has 3 atom stereocenters. The van der Waals surface area contributed by atoms with Gasteiger partial charge in [-0.15, -0.1) is 0 Å². The van der Waals surface area contributed by atoms with E-state index < -0.39 is 11.9 Å². The third kappa shape index (κ3) is 2.35. The lowest BCUT2D eigenvalue weighted by atomic mass is 10.1. The maximum atomic E-state index is 12.1. The zero-order chi connectivity index (χ0) is 14.9. The Morgan fingerprint density at radius 2 is 2.10 bits per heavy atom. The van der Waals surface area contributed by atoms with E-state index in [-0.39, 0.29) is 17.8 Å². The molecule has 1 saturated heterocycles. The van der Waals surface area contributed by atoms with Crippen LogP contribution in [-0.4, -0.2) is 42.2 Å². The fraction of sp³-hybridized carbons (Fsp3) is 0.538. The largest absolute Gasteiger partial charge is 0.382 e. The van der Waals surface area contributed by atoms with Gasteiger partial charge in [-0.1, -0.05) is 6.58 Å². The molecule has 0 unspecified atom stereocenters. The Labute approximate surface area is 116 Å². The van der Waals surface area contributed by atoms with Crippen LogP contribution >= 0.6 is 0 Å². The maximum absolute atomic E-state index is 12.1. The van der Waals surface area contributed by atoms with Crippen LogP contribution in [0.25, 0.3) is 0 Å². The van der Waals surface area contributed by atoms with Gasteiger partial charge in [0, 0.05) is 39.1 Å². The number of nitrogens with zero attached hydrogens (tertiary/aromatic N) is 2. The van der Waals surface area contributed by atoms with Gasteiger partial charge in [-0.3, -0.25) is 13.9 Å². The van der Waals surface area contributed by atoms with Crippen molar-refractivity contribution in [2.45, 2.75) is 18.4 Å². The van der Waals surface area contributed by atoms with Crippen molar-refractivity contribution in [3.63, 3.8) is 0 Å². The molecule has 0 saturated carbocycles. The van der Waals surface area contributed by atoms with Crippen LogP contribution in [-0.2, 0) is 21.3 Å². The lowest BCUT2D eigenvalue weighted by molar-refractivity contribution is -0.0618. The molecule has 2 heterocycles. The summed E-state index contributed by atoms with van der Waals surface area (Å²) in [6.07, 6.45) is 0.0395. The summed E-state index contributed by atoms with van der Waals surface area (Å²) in [6.45, 7) is 4.27. The molecule has 1 aliphatic heterocycles. The van der Waals surface area contributed by atoms with E-state index in [1.807, 2.05) is 0 Å². The molecule has 20 heavy (non-hydrogen) atoms. The molecule has 0 bridgehead atoms. The van der Waals surface area contributed by atoms with Crippen molar-refractivity contribution >= 4 is 0 Å². The van der Waals surface area contributed by atoms with Gasteiger partial charge in [0.05, 0.1) is 6.61 Å². The highest BCUT2D eigenvalue weighted by Crippen LogP contribution is 2.33. The van der Waals surface area contributed by atoms with Crippen LogP contribution < -0.4 is 11.2 Å². The van der Waals surface area contributed by atoms with Crippen LogP contribution in [0.3, 0.4) is 0 Å². The predicted octanol–water partition coefficient (Wildman–Crippen LogP) is -0.338. The molecule has 1 aromatic heterocycles. The lowest BCUT2D eigenvalue weighted by Crippen LogP contribution is -2.39. The Morgan fingerprint density at radius 1 is 1.40 bits per heavy atom. The van der Waals surface area contributed by atoms with E-state index in [4.69, 9.17) is 14.2 Å². The van der Waals surface area contributed by atoms with E-state index in [9.17, 15) is 9.59 Å². The number of hydrogen-bond donors (Lipinski definition) is 0. The number of ether oxygens (including phenoxy) is 3. The smallest absolute Gasteiger partial charge is 0.333 e. The third-order valence-corrected chi connectivity index (χ3v) is 3.38. The number of methoxy groups -OCH3 is 2. The monoisotopic (exact) mass is 282 g/mol. The fourth-order valence-corrected chi connectivity index (χ4v) is 2.31. The molecule has 0 radical (unpaired) electrons. The first kappa shape index (κ1) is 14.7. The van der Waals surface area contributed by atoms with Crippen molar-refractivity contribution in [1.82, 2.24) is 9.13 Å². The Hall–Kier alpha value is -1.70. The second-order valence-electron chi connectivity index (χ2n) is 4.62. The molecule has 0 spiro atoms. The van der Waals surface area contributed by atoms with Crippen molar-refractivity contribution < 1.29 is 14.2 Å². The van der Waals surface area contributed by atoms with Gasteiger partial charge in [0.2, 0.25) is 0 Å². The molecule has 7 nitrogen and oxygen atoms in total. The summed E-state index contributed by atoms with van der Waals surface area (Å²) in [5.41, 5.74) is -0.210. The van der Waals surface area contributed by atoms with Crippen LogP contribution in [0.5, 0.6) is 0 Å². The zero-order valence-electron chi connectivity index (χ0n) is 11.7. The van der Waals surface area contributed by atoms with Gasteiger partial charge in [0.25, 0.3) is 5.56 Å².